The van der Waals surface area contributed by atoms with Crippen molar-refractivity contribution in [2.24, 2.45) is 11.1 Å². The summed E-state index contributed by atoms with van der Waals surface area (Å²) < 4.78 is 6.17. The number of primary amides is 1. The van der Waals surface area contributed by atoms with Crippen molar-refractivity contribution in [3.05, 3.63) is 22.8 Å². The van der Waals surface area contributed by atoms with E-state index in [1.54, 1.807) is 6.20 Å². The first-order valence-electron chi connectivity index (χ1n) is 6.39. The van der Waals surface area contributed by atoms with Gasteiger partial charge in [0.25, 0.3) is 0 Å². The summed E-state index contributed by atoms with van der Waals surface area (Å²) in [6.07, 6.45) is 0.930. The predicted molar refractivity (Wildman–Crippen MR) is 83.6 cm³/mol. The van der Waals surface area contributed by atoms with Crippen LogP contribution in [0.5, 0.6) is 0 Å². The van der Waals surface area contributed by atoms with Crippen LogP contribution in [0.15, 0.2) is 22.8 Å². The summed E-state index contributed by atoms with van der Waals surface area (Å²) in [5.74, 6) is 0.717. The summed E-state index contributed by atoms with van der Waals surface area (Å²) in [7, 11) is 0. The molecule has 3 N–H and O–H groups in total. The van der Waals surface area contributed by atoms with Crippen molar-refractivity contribution in [2.75, 3.05) is 5.32 Å². The van der Waals surface area contributed by atoms with Crippen LogP contribution in [0.25, 0.3) is 0 Å². The molecule has 5 nitrogen and oxygen atoms in total. The molecule has 20 heavy (non-hydrogen) atoms. The van der Waals surface area contributed by atoms with Gasteiger partial charge in [0.05, 0.1) is 6.04 Å². The number of carbonyl (C=O) groups is 1. The molecule has 1 rings (SSSR count). The van der Waals surface area contributed by atoms with Crippen LogP contribution in [0, 0.1) is 5.41 Å². The van der Waals surface area contributed by atoms with Crippen LogP contribution in [-0.2, 0) is 4.74 Å². The van der Waals surface area contributed by atoms with Gasteiger partial charge in [0, 0.05) is 10.7 Å². The molecule has 0 aliphatic rings. The van der Waals surface area contributed by atoms with E-state index in [0.29, 0.717) is 5.82 Å². The number of nitrogens with two attached hydrogens (primary N) is 1. The van der Waals surface area contributed by atoms with Gasteiger partial charge < -0.3 is 15.8 Å². The number of carbonyl (C=O) groups excluding carboxylic acids is 1. The van der Waals surface area contributed by atoms with Crippen molar-refractivity contribution in [3.8, 4) is 0 Å². The summed E-state index contributed by atoms with van der Waals surface area (Å²) in [5.41, 5.74) is 4.24. The highest BCUT2D eigenvalue weighted by molar-refractivity contribution is 9.10. The van der Waals surface area contributed by atoms with Gasteiger partial charge in [-0.15, -0.1) is 0 Å². The Morgan fingerprint density at radius 2 is 1.95 bits per heavy atom. The maximum atomic E-state index is 11.1. The van der Waals surface area contributed by atoms with Crippen molar-refractivity contribution < 1.29 is 9.53 Å². The Hall–Kier alpha value is -1.30. The molecule has 1 heterocycles. The summed E-state index contributed by atoms with van der Waals surface area (Å²) in [6.45, 7) is 9.86. The number of aromatic nitrogens is 1. The van der Waals surface area contributed by atoms with E-state index in [-0.39, 0.29) is 11.5 Å². The van der Waals surface area contributed by atoms with E-state index in [2.05, 4.69) is 47.0 Å². The fourth-order valence-electron chi connectivity index (χ4n) is 2.36. The van der Waals surface area contributed by atoms with E-state index in [0.717, 1.165) is 4.47 Å². The number of pyridine rings is 1. The minimum atomic E-state index is -0.783. The highest BCUT2D eigenvalue weighted by Gasteiger charge is 2.41. The van der Waals surface area contributed by atoms with Crippen molar-refractivity contribution in [1.82, 2.24) is 4.98 Å². The largest absolute Gasteiger partial charge is 0.441 e. The molecule has 0 bridgehead atoms. The monoisotopic (exact) mass is 343 g/mol. The molecular formula is C14H22BrN3O2. The van der Waals surface area contributed by atoms with Gasteiger partial charge in [-0.1, -0.05) is 20.8 Å². The molecule has 0 radical (unpaired) electrons. The van der Waals surface area contributed by atoms with Crippen LogP contribution in [0.1, 0.15) is 34.6 Å². The molecule has 1 atom stereocenters. The second kappa shape index (κ2) is 5.99. The number of nitrogens with zero attached hydrogens (tertiary/aromatic N) is 1. The quantitative estimate of drug-likeness (QED) is 0.876. The fourth-order valence-corrected chi connectivity index (χ4v) is 2.59. The smallest absolute Gasteiger partial charge is 0.405 e. The zero-order valence-electron chi connectivity index (χ0n) is 12.5. The molecule has 0 saturated heterocycles. The van der Waals surface area contributed by atoms with Gasteiger partial charge in [-0.25, -0.2) is 9.78 Å². The molecule has 6 heteroatoms. The second-order valence-corrected chi connectivity index (χ2v) is 7.25. The summed E-state index contributed by atoms with van der Waals surface area (Å²) >= 11 is 3.35. The van der Waals surface area contributed by atoms with E-state index >= 15 is 0 Å². The first-order valence-corrected chi connectivity index (χ1v) is 7.18. The molecule has 1 amide bonds. The van der Waals surface area contributed by atoms with Gasteiger partial charge in [-0.2, -0.15) is 0 Å². The van der Waals surface area contributed by atoms with Gasteiger partial charge in [0.15, 0.2) is 0 Å². The van der Waals surface area contributed by atoms with Crippen molar-refractivity contribution in [1.29, 1.82) is 0 Å². The van der Waals surface area contributed by atoms with E-state index in [1.165, 1.54) is 0 Å². The van der Waals surface area contributed by atoms with Crippen LogP contribution in [0.3, 0.4) is 0 Å². The molecule has 1 aromatic heterocycles. The predicted octanol–water partition coefficient (Wildman–Crippen LogP) is 3.54. The van der Waals surface area contributed by atoms with Gasteiger partial charge in [-0.3, -0.25) is 0 Å². The topological polar surface area (TPSA) is 77.2 Å². The second-order valence-electron chi connectivity index (χ2n) is 6.33. The molecule has 0 saturated carbocycles. The number of amides is 1. The van der Waals surface area contributed by atoms with Crippen LogP contribution in [-0.4, -0.2) is 22.7 Å². The Balaban J connectivity index is 3.01. The van der Waals surface area contributed by atoms with Crippen LogP contribution < -0.4 is 11.1 Å². The fraction of sp³-hybridized carbons (Fsp3) is 0.571. The van der Waals surface area contributed by atoms with Crippen molar-refractivity contribution >= 4 is 27.8 Å². The van der Waals surface area contributed by atoms with E-state index < -0.39 is 11.7 Å². The summed E-state index contributed by atoms with van der Waals surface area (Å²) in [4.78, 5) is 15.4. The normalized spacial score (nSPS) is 13.7. The lowest BCUT2D eigenvalue weighted by atomic mass is 9.77. The molecule has 0 aromatic carbocycles. The van der Waals surface area contributed by atoms with Gasteiger partial charge >= 0.3 is 6.09 Å². The van der Waals surface area contributed by atoms with E-state index in [4.69, 9.17) is 10.5 Å². The lowest BCUT2D eigenvalue weighted by Gasteiger charge is -2.42. The standard InChI is InChI=1S/C14H22BrN3O2/c1-13(2,3)11(14(4,5)20-12(16)19)18-10-7-6-9(15)8-17-10/h6-8,11H,1-5H3,(H2,16,19)(H,17,18). The molecule has 112 valence electrons. The SMILES string of the molecule is CC(C)(C)C(Nc1ccc(Br)cn1)C(C)(C)OC(N)=O. The highest BCUT2D eigenvalue weighted by atomic mass is 79.9. The van der Waals surface area contributed by atoms with Gasteiger partial charge in [-0.05, 0) is 47.3 Å². The molecule has 0 fully saturated rings. The Kier molecular flexibility index (Phi) is 5.02. The zero-order valence-corrected chi connectivity index (χ0v) is 14.1. The molecule has 1 aromatic rings. The molecule has 0 spiro atoms. The minimum Gasteiger partial charge on any atom is -0.441 e. The number of hydrogen-bond donors (Lipinski definition) is 2. The molecular weight excluding hydrogens is 322 g/mol. The lowest BCUT2D eigenvalue weighted by molar-refractivity contribution is 0.00325. The third-order valence-corrected chi connectivity index (χ3v) is 3.41. The number of hydrogen-bond acceptors (Lipinski definition) is 4. The Labute approximate surface area is 128 Å². The highest BCUT2D eigenvalue weighted by Crippen LogP contribution is 2.33. The number of rotatable bonds is 4. The Morgan fingerprint density at radius 3 is 2.35 bits per heavy atom. The van der Waals surface area contributed by atoms with Gasteiger partial charge in [0.1, 0.15) is 11.4 Å². The van der Waals surface area contributed by atoms with Crippen molar-refractivity contribution in [3.63, 3.8) is 0 Å². The van der Waals surface area contributed by atoms with Crippen LogP contribution in [0.2, 0.25) is 0 Å². The number of anilines is 1. The van der Waals surface area contributed by atoms with Crippen LogP contribution >= 0.6 is 15.9 Å². The summed E-state index contributed by atoms with van der Waals surface area (Å²) in [5, 5.41) is 3.33. The lowest BCUT2D eigenvalue weighted by Crippen LogP contribution is -2.53. The van der Waals surface area contributed by atoms with E-state index in [1.807, 2.05) is 26.0 Å². The number of ether oxygens (including phenoxy) is 1. The number of nitrogens with one attached hydrogen (secondary N) is 1. The molecule has 0 aliphatic carbocycles. The molecule has 0 aliphatic heterocycles. The Morgan fingerprint density at radius 1 is 1.35 bits per heavy atom. The third kappa shape index (κ3) is 4.67. The average Bonchev–Trinajstić information content (AvgIpc) is 2.24. The molecule has 1 unspecified atom stereocenters. The third-order valence-electron chi connectivity index (χ3n) is 2.94. The minimum absolute atomic E-state index is 0.156. The zero-order chi connectivity index (χ0) is 15.6. The maximum absolute atomic E-state index is 11.1. The van der Waals surface area contributed by atoms with Gasteiger partial charge in [0.2, 0.25) is 0 Å². The average molecular weight is 344 g/mol. The van der Waals surface area contributed by atoms with E-state index in [9.17, 15) is 4.79 Å². The summed E-state index contributed by atoms with van der Waals surface area (Å²) in [6, 6.07) is 3.61. The maximum Gasteiger partial charge on any atom is 0.405 e. The van der Waals surface area contributed by atoms with Crippen LogP contribution in [0.4, 0.5) is 10.6 Å². The number of halogens is 1. The van der Waals surface area contributed by atoms with Crippen molar-refractivity contribution in [2.45, 2.75) is 46.3 Å². The Bertz CT molecular complexity index is 466. The first kappa shape index (κ1) is 16.8. The first-order chi connectivity index (χ1) is 9.02.